The van der Waals surface area contributed by atoms with Gasteiger partial charge in [-0.05, 0) is 60.1 Å². The van der Waals surface area contributed by atoms with Crippen molar-refractivity contribution in [3.05, 3.63) is 89.7 Å². The van der Waals surface area contributed by atoms with Gasteiger partial charge in [-0.1, -0.05) is 49.4 Å². The summed E-state index contributed by atoms with van der Waals surface area (Å²) < 4.78 is 0. The maximum absolute atomic E-state index is 13.5. The number of aromatic nitrogens is 1. The van der Waals surface area contributed by atoms with E-state index in [0.717, 1.165) is 55.7 Å². The number of piperidine rings is 1. The maximum Gasteiger partial charge on any atom is 0.241 e. The lowest BCUT2D eigenvalue weighted by Crippen LogP contribution is -2.43. The molecule has 6 nitrogen and oxygen atoms in total. The molecule has 0 bridgehead atoms. The van der Waals surface area contributed by atoms with Gasteiger partial charge in [-0.25, -0.2) is 0 Å². The molecule has 35 heavy (non-hydrogen) atoms. The molecule has 0 aliphatic carbocycles. The van der Waals surface area contributed by atoms with Gasteiger partial charge in [0.15, 0.2) is 0 Å². The molecule has 0 saturated carbocycles. The van der Waals surface area contributed by atoms with E-state index in [1.165, 1.54) is 11.3 Å². The molecular weight excluding hydrogens is 436 g/mol. The monoisotopic (exact) mass is 470 g/mol. The number of hydrogen-bond acceptors (Lipinski definition) is 5. The molecule has 5 rings (SSSR count). The molecule has 1 saturated heterocycles. The van der Waals surface area contributed by atoms with Crippen LogP contribution in [0.3, 0.4) is 0 Å². The molecular formula is C29H34N4O2. The molecule has 3 aromatic rings. The normalized spacial score (nSPS) is 18.3. The molecule has 1 N–H and O–H groups in total. The van der Waals surface area contributed by atoms with E-state index in [0.29, 0.717) is 12.5 Å². The summed E-state index contributed by atoms with van der Waals surface area (Å²) in [6, 6.07) is 20.3. The number of pyridine rings is 1. The highest BCUT2D eigenvalue weighted by Gasteiger charge is 2.32. The number of carbonyl (C=O) groups is 1. The lowest BCUT2D eigenvalue weighted by molar-refractivity contribution is -0.123. The van der Waals surface area contributed by atoms with Crippen molar-refractivity contribution >= 4 is 17.3 Å². The summed E-state index contributed by atoms with van der Waals surface area (Å²) in [7, 11) is 0. The number of anilines is 2. The van der Waals surface area contributed by atoms with Crippen LogP contribution in [0.15, 0.2) is 73.1 Å². The van der Waals surface area contributed by atoms with E-state index in [-0.39, 0.29) is 12.5 Å². The Morgan fingerprint density at radius 1 is 0.971 bits per heavy atom. The van der Waals surface area contributed by atoms with Crippen molar-refractivity contribution in [3.8, 4) is 0 Å². The van der Waals surface area contributed by atoms with Crippen molar-refractivity contribution in [2.24, 2.45) is 5.92 Å². The minimum Gasteiger partial charge on any atom is -0.374 e. The summed E-state index contributed by atoms with van der Waals surface area (Å²) in [5.41, 5.74) is 5.33. The van der Waals surface area contributed by atoms with E-state index in [4.69, 9.17) is 0 Å². The van der Waals surface area contributed by atoms with E-state index in [1.54, 1.807) is 0 Å². The number of nitrogens with zero attached hydrogens (tertiary/aromatic N) is 4. The van der Waals surface area contributed by atoms with Gasteiger partial charge in [-0.3, -0.25) is 14.7 Å². The van der Waals surface area contributed by atoms with Crippen molar-refractivity contribution in [1.82, 2.24) is 9.88 Å². The largest absolute Gasteiger partial charge is 0.374 e. The molecule has 0 radical (unpaired) electrons. The molecule has 1 atom stereocenters. The minimum atomic E-state index is -0.818. The van der Waals surface area contributed by atoms with Crippen LogP contribution in [-0.4, -0.2) is 47.1 Å². The van der Waals surface area contributed by atoms with E-state index in [1.807, 2.05) is 52.5 Å². The van der Waals surface area contributed by atoms with Gasteiger partial charge < -0.3 is 14.9 Å². The summed E-state index contributed by atoms with van der Waals surface area (Å²) in [6.45, 7) is 5.54. The molecule has 182 valence electrons. The highest BCUT2D eigenvalue weighted by Crippen LogP contribution is 2.32. The second-order valence-corrected chi connectivity index (χ2v) is 9.64. The standard InChI is InChI=1S/C29H34N4O2/c1-2-22-7-9-24(10-8-22)29(35)32-20-25-5-3-4-6-27(25)33(28(34)21-32)19-23-13-17-31(18-14-23)26-11-15-30-16-12-26/h3-12,15-16,23,29,35H,2,13-14,17-21H2,1H3. The lowest BCUT2D eigenvalue weighted by atomic mass is 9.95. The Hall–Kier alpha value is -3.22. The van der Waals surface area contributed by atoms with Gasteiger partial charge in [-0.2, -0.15) is 0 Å². The van der Waals surface area contributed by atoms with E-state index >= 15 is 0 Å². The van der Waals surface area contributed by atoms with Crippen LogP contribution in [0.5, 0.6) is 0 Å². The van der Waals surface area contributed by atoms with Crippen molar-refractivity contribution in [3.63, 3.8) is 0 Å². The Bertz CT molecular complexity index is 1130. The molecule has 2 aliphatic rings. The van der Waals surface area contributed by atoms with Crippen LogP contribution in [0.1, 0.15) is 42.7 Å². The zero-order valence-corrected chi connectivity index (χ0v) is 20.4. The lowest BCUT2D eigenvalue weighted by Gasteiger charge is -2.36. The third-order valence-corrected chi connectivity index (χ3v) is 7.41. The number of aryl methyl sites for hydroxylation is 1. The molecule has 6 heteroatoms. The van der Waals surface area contributed by atoms with Crippen molar-refractivity contribution < 1.29 is 9.90 Å². The Morgan fingerprint density at radius 2 is 1.69 bits per heavy atom. The topological polar surface area (TPSA) is 59.9 Å². The number of rotatable bonds is 6. The molecule has 0 spiro atoms. The third-order valence-electron chi connectivity index (χ3n) is 7.41. The molecule has 1 fully saturated rings. The summed E-state index contributed by atoms with van der Waals surface area (Å²) in [4.78, 5) is 23.9. The number of aliphatic hydroxyl groups is 1. The molecule has 1 unspecified atom stereocenters. The molecule has 3 heterocycles. The quantitative estimate of drug-likeness (QED) is 0.579. The highest BCUT2D eigenvalue weighted by molar-refractivity contribution is 5.96. The van der Waals surface area contributed by atoms with Crippen LogP contribution in [0, 0.1) is 5.92 Å². The average Bonchev–Trinajstić information content (AvgIpc) is 3.05. The summed E-state index contributed by atoms with van der Waals surface area (Å²) in [6.07, 6.45) is 5.91. The van der Waals surface area contributed by atoms with Gasteiger partial charge in [0.25, 0.3) is 0 Å². The van der Waals surface area contributed by atoms with Crippen molar-refractivity contribution in [2.75, 3.05) is 36.0 Å². The third kappa shape index (κ3) is 5.24. The molecule has 1 aromatic heterocycles. The first-order valence-electron chi connectivity index (χ1n) is 12.7. The zero-order valence-electron chi connectivity index (χ0n) is 20.4. The van der Waals surface area contributed by atoms with Gasteiger partial charge in [0, 0.05) is 49.9 Å². The Labute approximate surface area is 207 Å². The highest BCUT2D eigenvalue weighted by atomic mass is 16.3. The van der Waals surface area contributed by atoms with Gasteiger partial charge in [0.1, 0.15) is 6.23 Å². The van der Waals surface area contributed by atoms with Crippen LogP contribution >= 0.6 is 0 Å². The number of amides is 1. The van der Waals surface area contributed by atoms with E-state index in [2.05, 4.69) is 47.1 Å². The summed E-state index contributed by atoms with van der Waals surface area (Å²) in [5, 5.41) is 11.2. The van der Waals surface area contributed by atoms with Gasteiger partial charge in [0.2, 0.25) is 5.91 Å². The van der Waals surface area contributed by atoms with Crippen molar-refractivity contribution in [1.29, 1.82) is 0 Å². The van der Waals surface area contributed by atoms with Crippen LogP contribution < -0.4 is 9.80 Å². The second-order valence-electron chi connectivity index (χ2n) is 9.64. The summed E-state index contributed by atoms with van der Waals surface area (Å²) >= 11 is 0. The molecule has 2 aromatic carbocycles. The molecule has 2 aliphatic heterocycles. The van der Waals surface area contributed by atoms with Crippen LogP contribution in [-0.2, 0) is 17.8 Å². The smallest absolute Gasteiger partial charge is 0.241 e. The SMILES string of the molecule is CCc1ccc(C(O)N2CC(=O)N(CC3CCN(c4ccncc4)CC3)c3ccccc3C2)cc1. The Kier molecular flexibility index (Phi) is 7.11. The number of fused-ring (bicyclic) bond motifs is 1. The predicted molar refractivity (Wildman–Crippen MR) is 139 cm³/mol. The average molecular weight is 471 g/mol. The fourth-order valence-electron chi connectivity index (χ4n) is 5.27. The number of hydrogen-bond donors (Lipinski definition) is 1. The van der Waals surface area contributed by atoms with E-state index < -0.39 is 6.23 Å². The number of aliphatic hydroxyl groups excluding tert-OH is 1. The fourth-order valence-corrected chi connectivity index (χ4v) is 5.27. The first-order valence-corrected chi connectivity index (χ1v) is 12.7. The summed E-state index contributed by atoms with van der Waals surface area (Å²) in [5.74, 6) is 0.499. The number of para-hydroxylation sites is 1. The second kappa shape index (κ2) is 10.6. The Morgan fingerprint density at radius 3 is 2.40 bits per heavy atom. The first-order chi connectivity index (χ1) is 17.1. The molecule has 1 amide bonds. The van der Waals surface area contributed by atoms with Crippen LogP contribution in [0.2, 0.25) is 0 Å². The van der Waals surface area contributed by atoms with Crippen LogP contribution in [0.25, 0.3) is 0 Å². The number of carbonyl (C=O) groups excluding carboxylic acids is 1. The predicted octanol–water partition coefficient (Wildman–Crippen LogP) is 4.40. The first kappa shape index (κ1) is 23.5. The fraction of sp³-hybridized carbons (Fsp3) is 0.379. The van der Waals surface area contributed by atoms with Crippen LogP contribution in [0.4, 0.5) is 11.4 Å². The van der Waals surface area contributed by atoms with Gasteiger partial charge >= 0.3 is 0 Å². The van der Waals surface area contributed by atoms with Gasteiger partial charge in [0.05, 0.1) is 6.54 Å². The van der Waals surface area contributed by atoms with E-state index in [9.17, 15) is 9.90 Å². The Balaban J connectivity index is 1.30. The zero-order chi connectivity index (χ0) is 24.2. The number of benzene rings is 2. The maximum atomic E-state index is 13.5. The van der Waals surface area contributed by atoms with Gasteiger partial charge in [-0.15, -0.1) is 0 Å². The minimum absolute atomic E-state index is 0.0516. The van der Waals surface area contributed by atoms with Crippen molar-refractivity contribution in [2.45, 2.75) is 39.0 Å².